The van der Waals surface area contributed by atoms with Crippen LogP contribution in [-0.4, -0.2) is 93.1 Å². The monoisotopic (exact) mass is 770 g/mol. The van der Waals surface area contributed by atoms with E-state index in [2.05, 4.69) is 42.9 Å². The fraction of sp³-hybridized carbons (Fsp3) is 0.395. The lowest BCUT2D eigenvalue weighted by Crippen LogP contribution is -2.46. The Kier molecular flexibility index (Phi) is 10.9. The van der Waals surface area contributed by atoms with Crippen LogP contribution in [0.25, 0.3) is 21.8 Å². The largest absolute Gasteiger partial charge is 0.478 e. The van der Waals surface area contributed by atoms with Crippen molar-refractivity contribution in [2.45, 2.75) is 44.1 Å². The predicted octanol–water partition coefficient (Wildman–Crippen LogP) is 3.12. The van der Waals surface area contributed by atoms with E-state index in [1.165, 1.54) is 11.6 Å². The molecule has 17 heteroatoms. The summed E-state index contributed by atoms with van der Waals surface area (Å²) < 4.78 is 8.78. The van der Waals surface area contributed by atoms with E-state index in [-0.39, 0.29) is 48.3 Å². The number of carbonyl (C=O) groups excluding carboxylic acids is 3. The first-order chi connectivity index (χ1) is 26.5. The summed E-state index contributed by atoms with van der Waals surface area (Å²) in [5.41, 5.74) is 3.65. The SMILES string of the molecule is CNC(=O)COc1cc2cc(Nc3nc(N(CCCO)C4CCN(c5ccc6c(C7CCC(=O)NC7=O)nn(C)c6c5)CC4)ncc3Cl)ccc2n(C)c1=O. The fourth-order valence-corrected chi connectivity index (χ4v) is 7.51. The van der Waals surface area contributed by atoms with Gasteiger partial charge in [-0.1, -0.05) is 11.6 Å². The zero-order chi connectivity index (χ0) is 38.8. The molecular formula is C38H43ClN10O6. The van der Waals surface area contributed by atoms with E-state index in [0.717, 1.165) is 42.5 Å². The number of anilines is 4. The van der Waals surface area contributed by atoms with Crippen molar-refractivity contribution in [3.05, 3.63) is 69.7 Å². The molecule has 288 valence electrons. The van der Waals surface area contributed by atoms with E-state index in [1.807, 2.05) is 31.3 Å². The van der Waals surface area contributed by atoms with Gasteiger partial charge >= 0.3 is 0 Å². The number of benzene rings is 2. The number of pyridine rings is 1. The van der Waals surface area contributed by atoms with Gasteiger partial charge in [-0.05, 0) is 68.1 Å². The number of hydrogen-bond donors (Lipinski definition) is 4. The summed E-state index contributed by atoms with van der Waals surface area (Å²) in [6.45, 7) is 1.84. The zero-order valence-electron chi connectivity index (χ0n) is 30.8. The Balaban J connectivity index is 1.07. The van der Waals surface area contributed by atoms with E-state index in [0.29, 0.717) is 64.9 Å². The predicted molar refractivity (Wildman–Crippen MR) is 209 cm³/mol. The number of halogens is 1. The first kappa shape index (κ1) is 37.6. The number of aliphatic hydroxyl groups excluding tert-OH is 1. The number of aliphatic hydroxyl groups is 1. The molecule has 2 saturated heterocycles. The second-order valence-corrected chi connectivity index (χ2v) is 14.2. The van der Waals surface area contributed by atoms with Crippen LogP contribution in [-0.2, 0) is 28.5 Å². The Morgan fingerprint density at radius 1 is 1.07 bits per heavy atom. The van der Waals surface area contributed by atoms with E-state index < -0.39 is 5.92 Å². The summed E-state index contributed by atoms with van der Waals surface area (Å²) in [6.07, 6.45) is 4.48. The van der Waals surface area contributed by atoms with E-state index in [4.69, 9.17) is 26.4 Å². The maximum Gasteiger partial charge on any atom is 0.293 e. The summed E-state index contributed by atoms with van der Waals surface area (Å²) in [5, 5.41) is 24.6. The second-order valence-electron chi connectivity index (χ2n) is 13.8. The van der Waals surface area contributed by atoms with E-state index >= 15 is 0 Å². The molecule has 0 aliphatic carbocycles. The first-order valence-electron chi connectivity index (χ1n) is 18.2. The zero-order valence-corrected chi connectivity index (χ0v) is 31.6. The lowest BCUT2D eigenvalue weighted by atomic mass is 9.92. The number of nitrogens with zero attached hydrogens (tertiary/aromatic N) is 7. The topological polar surface area (TPSA) is 189 Å². The lowest BCUT2D eigenvalue weighted by Gasteiger charge is -2.39. The molecule has 2 aliphatic heterocycles. The standard InChI is InChI=1S/C38H43ClN10O6/c1-40-33(52)21-55-31-18-22-17-23(5-9-29(22)46(2)37(31)54)42-35-28(39)20-41-38(44-35)49(13-4-16-50)24-11-14-48(15-12-24)25-6-7-26-30(19-25)47(3)45-34(26)27-8-10-32(51)43-36(27)53/h5-7,9,17-20,24,27,50H,4,8,10-16,21H2,1-3H3,(H,40,52)(H,41,42,44)(H,43,51,53). The molecule has 0 radical (unpaired) electrons. The quantitative estimate of drug-likeness (QED) is 0.136. The highest BCUT2D eigenvalue weighted by Gasteiger charge is 2.32. The number of hydrogen-bond acceptors (Lipinski definition) is 12. The Labute approximate surface area is 321 Å². The maximum atomic E-state index is 12.8. The van der Waals surface area contributed by atoms with E-state index in [1.54, 1.807) is 24.0 Å². The molecule has 1 unspecified atom stereocenters. The van der Waals surface area contributed by atoms with Crippen molar-refractivity contribution in [1.82, 2.24) is 34.9 Å². The van der Waals surface area contributed by atoms with Gasteiger partial charge < -0.3 is 34.8 Å². The van der Waals surface area contributed by atoms with Gasteiger partial charge in [-0.25, -0.2) is 4.98 Å². The number of amides is 3. The van der Waals surface area contributed by atoms with Crippen molar-refractivity contribution in [3.63, 3.8) is 0 Å². The number of nitrogens with one attached hydrogen (secondary N) is 3. The summed E-state index contributed by atoms with van der Waals surface area (Å²) in [4.78, 5) is 62.8. The van der Waals surface area contributed by atoms with Gasteiger partial charge in [-0.2, -0.15) is 10.1 Å². The van der Waals surface area contributed by atoms with Gasteiger partial charge in [0.1, 0.15) is 5.02 Å². The summed E-state index contributed by atoms with van der Waals surface area (Å²) in [5.74, 6) is -0.412. The first-order valence-corrected chi connectivity index (χ1v) is 18.6. The molecule has 5 heterocycles. The normalized spacial score (nSPS) is 16.4. The fourth-order valence-electron chi connectivity index (χ4n) is 7.38. The third kappa shape index (κ3) is 7.77. The Morgan fingerprint density at radius 3 is 2.62 bits per heavy atom. The van der Waals surface area contributed by atoms with Crippen molar-refractivity contribution in [2.75, 3.05) is 55.0 Å². The molecule has 3 aromatic heterocycles. The third-order valence-electron chi connectivity index (χ3n) is 10.3. The smallest absolute Gasteiger partial charge is 0.293 e. The molecular weight excluding hydrogens is 728 g/mol. The highest BCUT2D eigenvalue weighted by atomic mass is 35.5. The Morgan fingerprint density at radius 2 is 1.87 bits per heavy atom. The van der Waals surface area contributed by atoms with Gasteiger partial charge in [-0.3, -0.25) is 29.2 Å². The summed E-state index contributed by atoms with van der Waals surface area (Å²) >= 11 is 6.62. The number of aryl methyl sites for hydroxylation is 2. The van der Waals surface area contributed by atoms with Gasteiger partial charge in [0, 0.05) is 82.0 Å². The number of rotatable bonds is 12. The van der Waals surface area contributed by atoms with Gasteiger partial charge in [0.15, 0.2) is 18.2 Å². The number of imide groups is 1. The van der Waals surface area contributed by atoms with Crippen LogP contribution in [0, 0.1) is 0 Å². The molecule has 0 bridgehead atoms. The molecule has 2 aliphatic rings. The van der Waals surface area contributed by atoms with Crippen molar-refractivity contribution in [2.24, 2.45) is 14.1 Å². The minimum absolute atomic E-state index is 0.0218. The minimum atomic E-state index is -0.460. The molecule has 3 amide bonds. The van der Waals surface area contributed by atoms with Crippen LogP contribution in [0.2, 0.25) is 5.02 Å². The molecule has 2 aromatic carbocycles. The molecule has 7 rings (SSSR count). The summed E-state index contributed by atoms with van der Waals surface area (Å²) in [6, 6.07) is 13.4. The molecule has 5 aromatic rings. The number of aromatic nitrogens is 5. The van der Waals surface area contributed by atoms with Crippen LogP contribution in [0.5, 0.6) is 5.75 Å². The van der Waals surface area contributed by atoms with Gasteiger partial charge in [0.25, 0.3) is 11.5 Å². The number of carbonyl (C=O) groups is 3. The molecule has 1 atom stereocenters. The van der Waals surface area contributed by atoms with Gasteiger partial charge in [-0.15, -0.1) is 0 Å². The van der Waals surface area contributed by atoms with Crippen molar-refractivity contribution >= 4 is 74.3 Å². The average Bonchev–Trinajstić information content (AvgIpc) is 3.51. The number of ether oxygens (including phenoxy) is 1. The van der Waals surface area contributed by atoms with Crippen molar-refractivity contribution < 1.29 is 24.2 Å². The molecule has 0 saturated carbocycles. The highest BCUT2D eigenvalue weighted by Crippen LogP contribution is 2.34. The molecule has 0 spiro atoms. The Hall–Kier alpha value is -5.74. The molecule has 2 fully saturated rings. The number of likely N-dealkylation sites (N-methyl/N-ethyl adjacent to an activating group) is 1. The highest BCUT2D eigenvalue weighted by molar-refractivity contribution is 6.33. The molecule has 4 N–H and O–H groups in total. The minimum Gasteiger partial charge on any atom is -0.478 e. The number of fused-ring (bicyclic) bond motifs is 2. The van der Waals surface area contributed by atoms with Crippen LogP contribution in [0.4, 0.5) is 23.1 Å². The lowest BCUT2D eigenvalue weighted by molar-refractivity contribution is -0.134. The van der Waals surface area contributed by atoms with Crippen LogP contribution < -0.4 is 36.0 Å². The van der Waals surface area contributed by atoms with Crippen LogP contribution in [0.15, 0.2) is 53.5 Å². The van der Waals surface area contributed by atoms with Gasteiger partial charge in [0.2, 0.25) is 17.8 Å². The maximum absolute atomic E-state index is 12.8. The van der Waals surface area contributed by atoms with Crippen LogP contribution in [0.1, 0.15) is 43.7 Å². The van der Waals surface area contributed by atoms with Crippen molar-refractivity contribution in [3.8, 4) is 5.75 Å². The second kappa shape index (κ2) is 15.9. The Bertz CT molecular complexity index is 2340. The molecule has 16 nitrogen and oxygen atoms in total. The average molecular weight is 771 g/mol. The van der Waals surface area contributed by atoms with Crippen LogP contribution in [0.3, 0.4) is 0 Å². The third-order valence-corrected chi connectivity index (χ3v) is 10.6. The molecule has 55 heavy (non-hydrogen) atoms. The number of piperidine rings is 2. The van der Waals surface area contributed by atoms with Crippen molar-refractivity contribution in [1.29, 1.82) is 0 Å². The van der Waals surface area contributed by atoms with Crippen LogP contribution >= 0.6 is 11.6 Å². The van der Waals surface area contributed by atoms with E-state index in [9.17, 15) is 24.3 Å². The van der Waals surface area contributed by atoms with Gasteiger partial charge in [0.05, 0.1) is 28.8 Å². The summed E-state index contributed by atoms with van der Waals surface area (Å²) in [7, 11) is 5.01.